The molecule has 1 aromatic heterocycles. The third kappa shape index (κ3) is 3.24. The minimum Gasteiger partial charge on any atom is -0.257 e. The fourth-order valence-electron chi connectivity index (χ4n) is 1.39. The first kappa shape index (κ1) is 13.6. The second-order valence-electron chi connectivity index (χ2n) is 6.28. The van der Waals surface area contributed by atoms with Crippen LogP contribution in [0.25, 0.3) is 0 Å². The summed E-state index contributed by atoms with van der Waals surface area (Å²) < 4.78 is 0. The molecule has 0 N–H and O–H groups in total. The summed E-state index contributed by atoms with van der Waals surface area (Å²) in [5.41, 5.74) is 2.60. The summed E-state index contributed by atoms with van der Waals surface area (Å²) in [6, 6.07) is 4.42. The molecule has 0 spiro atoms. The normalized spacial score (nSPS) is 12.9. The van der Waals surface area contributed by atoms with Crippen molar-refractivity contribution in [3.8, 4) is 0 Å². The Morgan fingerprint density at radius 3 is 1.50 bits per heavy atom. The van der Waals surface area contributed by atoms with E-state index >= 15 is 0 Å². The summed E-state index contributed by atoms with van der Waals surface area (Å²) in [7, 11) is 0. The summed E-state index contributed by atoms with van der Waals surface area (Å²) >= 11 is 1.79. The van der Waals surface area contributed by atoms with Crippen LogP contribution in [0, 0.1) is 0 Å². The van der Waals surface area contributed by atoms with Crippen LogP contribution in [0.2, 0.25) is 0 Å². The molecule has 16 heavy (non-hydrogen) atoms. The van der Waals surface area contributed by atoms with Gasteiger partial charge in [-0.05, 0) is 18.4 Å². The number of rotatable bonds is 1. The lowest BCUT2D eigenvalue weighted by atomic mass is 9.88. The highest BCUT2D eigenvalue weighted by molar-refractivity contribution is 7.98. The van der Waals surface area contributed by atoms with Crippen molar-refractivity contribution in [2.24, 2.45) is 0 Å². The van der Waals surface area contributed by atoms with Crippen LogP contribution >= 0.6 is 11.8 Å². The van der Waals surface area contributed by atoms with Crippen LogP contribution in [0.3, 0.4) is 0 Å². The van der Waals surface area contributed by atoms with E-state index in [9.17, 15) is 0 Å². The van der Waals surface area contributed by atoms with Gasteiger partial charge in [-0.15, -0.1) is 11.8 Å². The van der Waals surface area contributed by atoms with E-state index in [1.165, 1.54) is 16.3 Å². The maximum Gasteiger partial charge on any atom is 0.0471 e. The molecule has 0 bridgehead atoms. The van der Waals surface area contributed by atoms with Crippen molar-refractivity contribution in [1.82, 2.24) is 4.98 Å². The third-order valence-electron chi connectivity index (χ3n) is 2.57. The standard InChI is InChI=1S/C14H23NS/c1-13(2,3)11-8-10(16-7)9-12(15-11)14(4,5)6/h8-9H,1-7H3. The molecular formula is C14H23NS. The van der Waals surface area contributed by atoms with Gasteiger partial charge in [-0.3, -0.25) is 4.98 Å². The first-order valence-corrected chi connectivity index (χ1v) is 6.94. The molecular weight excluding hydrogens is 214 g/mol. The lowest BCUT2D eigenvalue weighted by Crippen LogP contribution is -2.20. The van der Waals surface area contributed by atoms with Crippen LogP contribution < -0.4 is 0 Å². The van der Waals surface area contributed by atoms with Crippen molar-refractivity contribution >= 4 is 11.8 Å². The number of nitrogens with zero attached hydrogens (tertiary/aromatic N) is 1. The molecule has 0 aliphatic heterocycles. The Kier molecular flexibility index (Phi) is 3.73. The molecule has 0 amide bonds. The van der Waals surface area contributed by atoms with E-state index in [2.05, 4.69) is 59.9 Å². The van der Waals surface area contributed by atoms with Gasteiger partial charge in [0.1, 0.15) is 0 Å². The predicted octanol–water partition coefficient (Wildman–Crippen LogP) is 4.40. The second kappa shape index (κ2) is 4.40. The van der Waals surface area contributed by atoms with E-state index in [4.69, 9.17) is 4.98 Å². The van der Waals surface area contributed by atoms with Crippen LogP contribution in [0.1, 0.15) is 52.9 Å². The summed E-state index contributed by atoms with van der Waals surface area (Å²) in [5.74, 6) is 0. The van der Waals surface area contributed by atoms with Gasteiger partial charge in [0.2, 0.25) is 0 Å². The Bertz CT molecular complexity index is 337. The SMILES string of the molecule is CSc1cc(C(C)(C)C)nc(C(C)(C)C)c1. The minimum absolute atomic E-state index is 0.117. The fraction of sp³-hybridized carbons (Fsp3) is 0.643. The topological polar surface area (TPSA) is 12.9 Å². The number of hydrogen-bond acceptors (Lipinski definition) is 2. The summed E-state index contributed by atoms with van der Waals surface area (Å²) in [4.78, 5) is 6.12. The average Bonchev–Trinajstić information content (AvgIpc) is 2.14. The van der Waals surface area contributed by atoms with Crippen LogP contribution in [0.5, 0.6) is 0 Å². The van der Waals surface area contributed by atoms with Crippen molar-refractivity contribution in [2.75, 3.05) is 6.26 Å². The van der Waals surface area contributed by atoms with Crippen molar-refractivity contribution in [2.45, 2.75) is 57.3 Å². The van der Waals surface area contributed by atoms with E-state index in [-0.39, 0.29) is 10.8 Å². The number of thioether (sulfide) groups is 1. The van der Waals surface area contributed by atoms with Gasteiger partial charge in [-0.25, -0.2) is 0 Å². The van der Waals surface area contributed by atoms with Crippen LogP contribution in [0.15, 0.2) is 17.0 Å². The Morgan fingerprint density at radius 1 is 0.875 bits per heavy atom. The van der Waals surface area contributed by atoms with Gasteiger partial charge in [0.15, 0.2) is 0 Å². The highest BCUT2D eigenvalue weighted by Crippen LogP contribution is 2.29. The Morgan fingerprint density at radius 2 is 1.25 bits per heavy atom. The monoisotopic (exact) mass is 237 g/mol. The number of pyridine rings is 1. The molecule has 1 rings (SSSR count). The first-order chi connectivity index (χ1) is 7.14. The Hall–Kier alpha value is -0.500. The molecule has 0 saturated heterocycles. The van der Waals surface area contributed by atoms with Gasteiger partial charge >= 0.3 is 0 Å². The fourth-order valence-corrected chi connectivity index (χ4v) is 1.85. The molecule has 0 radical (unpaired) electrons. The Labute approximate surface area is 104 Å². The van der Waals surface area contributed by atoms with Gasteiger partial charge in [-0.2, -0.15) is 0 Å². The largest absolute Gasteiger partial charge is 0.257 e. The van der Waals surface area contributed by atoms with Crippen molar-refractivity contribution in [3.63, 3.8) is 0 Å². The number of hydrogen-bond donors (Lipinski definition) is 0. The summed E-state index contributed by atoms with van der Waals surface area (Å²) in [6.07, 6.45) is 2.12. The second-order valence-corrected chi connectivity index (χ2v) is 7.16. The molecule has 0 atom stereocenters. The zero-order chi connectivity index (χ0) is 12.6. The Balaban J connectivity index is 3.33. The average molecular weight is 237 g/mol. The van der Waals surface area contributed by atoms with Crippen LogP contribution in [-0.4, -0.2) is 11.2 Å². The van der Waals surface area contributed by atoms with Crippen LogP contribution in [-0.2, 0) is 10.8 Å². The van der Waals surface area contributed by atoms with Crippen molar-refractivity contribution in [3.05, 3.63) is 23.5 Å². The van der Waals surface area contributed by atoms with Crippen molar-refractivity contribution in [1.29, 1.82) is 0 Å². The van der Waals surface area contributed by atoms with Gasteiger partial charge in [0.05, 0.1) is 0 Å². The highest BCUT2D eigenvalue weighted by Gasteiger charge is 2.21. The maximum absolute atomic E-state index is 4.81. The quantitative estimate of drug-likeness (QED) is 0.672. The lowest BCUT2D eigenvalue weighted by Gasteiger charge is -2.24. The molecule has 1 nitrogen and oxygen atoms in total. The molecule has 90 valence electrons. The van der Waals surface area contributed by atoms with E-state index in [0.717, 1.165) is 0 Å². The zero-order valence-electron chi connectivity index (χ0n) is 11.5. The van der Waals surface area contributed by atoms with E-state index < -0.39 is 0 Å². The van der Waals surface area contributed by atoms with Gasteiger partial charge in [0, 0.05) is 27.1 Å². The lowest BCUT2D eigenvalue weighted by molar-refractivity contribution is 0.528. The molecule has 0 aliphatic rings. The van der Waals surface area contributed by atoms with Gasteiger partial charge < -0.3 is 0 Å². The van der Waals surface area contributed by atoms with Gasteiger partial charge in [-0.1, -0.05) is 41.5 Å². The van der Waals surface area contributed by atoms with Crippen molar-refractivity contribution < 1.29 is 0 Å². The number of aromatic nitrogens is 1. The van der Waals surface area contributed by atoms with E-state index in [0.29, 0.717) is 0 Å². The van der Waals surface area contributed by atoms with Crippen LogP contribution in [0.4, 0.5) is 0 Å². The maximum atomic E-state index is 4.81. The highest BCUT2D eigenvalue weighted by atomic mass is 32.2. The minimum atomic E-state index is 0.117. The first-order valence-electron chi connectivity index (χ1n) is 5.71. The molecule has 0 aromatic carbocycles. The molecule has 0 aliphatic carbocycles. The molecule has 1 heterocycles. The molecule has 1 aromatic rings. The molecule has 2 heteroatoms. The smallest absolute Gasteiger partial charge is 0.0471 e. The third-order valence-corrected chi connectivity index (χ3v) is 3.28. The predicted molar refractivity (Wildman–Crippen MR) is 73.4 cm³/mol. The zero-order valence-corrected chi connectivity index (χ0v) is 12.3. The molecule has 0 fully saturated rings. The molecule has 0 saturated carbocycles. The summed E-state index contributed by atoms with van der Waals surface area (Å²) in [5, 5.41) is 0. The summed E-state index contributed by atoms with van der Waals surface area (Å²) in [6.45, 7) is 13.3. The molecule has 0 unspecified atom stereocenters. The van der Waals surface area contributed by atoms with E-state index in [1.54, 1.807) is 11.8 Å². The van der Waals surface area contributed by atoms with Gasteiger partial charge in [0.25, 0.3) is 0 Å². The van der Waals surface area contributed by atoms with E-state index in [1.807, 2.05) is 0 Å².